The molecule has 1 aromatic carbocycles. The zero-order valence-corrected chi connectivity index (χ0v) is 11.4. The average molecular weight is 280 g/mol. The van der Waals surface area contributed by atoms with E-state index in [0.717, 1.165) is 5.56 Å². The normalized spacial score (nSPS) is 12.0. The van der Waals surface area contributed by atoms with E-state index in [1.807, 2.05) is 0 Å². The number of benzene rings is 1. The van der Waals surface area contributed by atoms with Gasteiger partial charge in [0.15, 0.2) is 11.5 Å². The fourth-order valence-electron chi connectivity index (χ4n) is 1.76. The van der Waals surface area contributed by atoms with Crippen molar-refractivity contribution in [2.45, 2.75) is 6.04 Å². The first-order valence-corrected chi connectivity index (χ1v) is 5.98. The predicted molar refractivity (Wildman–Crippen MR) is 72.6 cm³/mol. The molecule has 100 valence electrons. The maximum Gasteiger partial charge on any atom is 0.179 e. The summed E-state index contributed by atoms with van der Waals surface area (Å²) in [6.07, 6.45) is 4.81. The molecule has 19 heavy (non-hydrogen) atoms. The minimum Gasteiger partial charge on any atom is -0.493 e. The van der Waals surface area contributed by atoms with Crippen molar-refractivity contribution in [3.05, 3.63) is 47.0 Å². The highest BCUT2D eigenvalue weighted by molar-refractivity contribution is 6.32. The van der Waals surface area contributed by atoms with Gasteiger partial charge in [-0.05, 0) is 17.7 Å². The summed E-state index contributed by atoms with van der Waals surface area (Å²) >= 11 is 6.15. The van der Waals surface area contributed by atoms with Gasteiger partial charge in [-0.3, -0.25) is 9.97 Å². The van der Waals surface area contributed by atoms with Gasteiger partial charge in [0, 0.05) is 12.4 Å². The van der Waals surface area contributed by atoms with Gasteiger partial charge < -0.3 is 15.2 Å². The van der Waals surface area contributed by atoms with Gasteiger partial charge in [-0.1, -0.05) is 11.6 Å². The number of rotatable bonds is 4. The van der Waals surface area contributed by atoms with Crippen molar-refractivity contribution in [2.75, 3.05) is 14.2 Å². The summed E-state index contributed by atoms with van der Waals surface area (Å²) in [6, 6.07) is 3.10. The van der Waals surface area contributed by atoms with Crippen molar-refractivity contribution in [2.24, 2.45) is 5.73 Å². The highest BCUT2D eigenvalue weighted by atomic mass is 35.5. The molecule has 0 aliphatic carbocycles. The topological polar surface area (TPSA) is 70.3 Å². The van der Waals surface area contributed by atoms with Crippen LogP contribution in [0, 0.1) is 0 Å². The lowest BCUT2D eigenvalue weighted by molar-refractivity contribution is 0.354. The average Bonchev–Trinajstić information content (AvgIpc) is 2.46. The van der Waals surface area contributed by atoms with Crippen LogP contribution < -0.4 is 15.2 Å². The molecular formula is C13H14ClN3O2. The Hall–Kier alpha value is -1.85. The number of methoxy groups -OCH3 is 2. The molecule has 2 N–H and O–H groups in total. The van der Waals surface area contributed by atoms with Crippen LogP contribution in [0.2, 0.25) is 5.02 Å². The van der Waals surface area contributed by atoms with Crippen molar-refractivity contribution >= 4 is 11.6 Å². The zero-order chi connectivity index (χ0) is 13.8. The van der Waals surface area contributed by atoms with Crippen molar-refractivity contribution in [3.63, 3.8) is 0 Å². The molecule has 0 saturated heterocycles. The van der Waals surface area contributed by atoms with Gasteiger partial charge in [-0.25, -0.2) is 0 Å². The third-order valence-corrected chi connectivity index (χ3v) is 3.00. The van der Waals surface area contributed by atoms with E-state index in [-0.39, 0.29) is 0 Å². The van der Waals surface area contributed by atoms with E-state index < -0.39 is 6.04 Å². The molecule has 1 heterocycles. The molecule has 0 saturated carbocycles. The van der Waals surface area contributed by atoms with Gasteiger partial charge in [0.25, 0.3) is 0 Å². The highest BCUT2D eigenvalue weighted by Crippen LogP contribution is 2.37. The van der Waals surface area contributed by atoms with Crippen LogP contribution in [0.4, 0.5) is 0 Å². The largest absolute Gasteiger partial charge is 0.493 e. The van der Waals surface area contributed by atoms with Crippen LogP contribution >= 0.6 is 11.6 Å². The minimum atomic E-state index is -0.425. The first kappa shape index (κ1) is 13.6. The number of nitrogens with zero attached hydrogens (tertiary/aromatic N) is 2. The van der Waals surface area contributed by atoms with E-state index in [9.17, 15) is 0 Å². The van der Waals surface area contributed by atoms with Crippen LogP contribution in [0.5, 0.6) is 11.5 Å². The quantitative estimate of drug-likeness (QED) is 0.929. The van der Waals surface area contributed by atoms with E-state index in [0.29, 0.717) is 22.2 Å². The molecule has 2 rings (SSSR count). The summed E-state index contributed by atoms with van der Waals surface area (Å²) in [7, 11) is 3.08. The van der Waals surface area contributed by atoms with Gasteiger partial charge >= 0.3 is 0 Å². The van der Waals surface area contributed by atoms with E-state index in [1.54, 1.807) is 37.8 Å². The van der Waals surface area contributed by atoms with Gasteiger partial charge in [0.05, 0.1) is 37.2 Å². The molecule has 1 unspecified atom stereocenters. The number of halogens is 1. The Balaban J connectivity index is 2.43. The maximum absolute atomic E-state index is 6.15. The third-order valence-electron chi connectivity index (χ3n) is 2.72. The van der Waals surface area contributed by atoms with E-state index >= 15 is 0 Å². The summed E-state index contributed by atoms with van der Waals surface area (Å²) in [6.45, 7) is 0. The molecule has 5 nitrogen and oxygen atoms in total. The summed E-state index contributed by atoms with van der Waals surface area (Å²) in [5.41, 5.74) is 7.58. The maximum atomic E-state index is 6.15. The number of hydrogen-bond acceptors (Lipinski definition) is 5. The summed E-state index contributed by atoms with van der Waals surface area (Å²) < 4.78 is 10.4. The molecule has 0 aliphatic heterocycles. The second kappa shape index (κ2) is 5.86. The van der Waals surface area contributed by atoms with Gasteiger partial charge in [-0.2, -0.15) is 0 Å². The summed E-state index contributed by atoms with van der Waals surface area (Å²) in [5.74, 6) is 1.02. The monoisotopic (exact) mass is 279 g/mol. The van der Waals surface area contributed by atoms with E-state index in [1.165, 1.54) is 7.11 Å². The fourth-order valence-corrected chi connectivity index (χ4v) is 2.06. The molecule has 6 heteroatoms. The number of hydrogen-bond donors (Lipinski definition) is 1. The minimum absolute atomic E-state index is 0.425. The second-order valence-electron chi connectivity index (χ2n) is 3.85. The molecular weight excluding hydrogens is 266 g/mol. The number of nitrogens with two attached hydrogens (primary N) is 1. The van der Waals surface area contributed by atoms with Crippen molar-refractivity contribution in [3.8, 4) is 11.5 Å². The van der Waals surface area contributed by atoms with Crippen LogP contribution in [0.25, 0.3) is 0 Å². The molecule has 0 radical (unpaired) electrons. The first-order valence-electron chi connectivity index (χ1n) is 5.60. The molecule has 0 bridgehead atoms. The van der Waals surface area contributed by atoms with E-state index in [2.05, 4.69) is 9.97 Å². The van der Waals surface area contributed by atoms with Crippen LogP contribution in [-0.4, -0.2) is 24.2 Å². The molecule has 1 atom stereocenters. The molecule has 0 spiro atoms. The Morgan fingerprint density at radius 1 is 1.21 bits per heavy atom. The smallest absolute Gasteiger partial charge is 0.179 e. The van der Waals surface area contributed by atoms with Gasteiger partial charge in [0.2, 0.25) is 0 Å². The summed E-state index contributed by atoms with van der Waals surface area (Å²) in [5, 5.41) is 0.441. The van der Waals surface area contributed by atoms with Crippen LogP contribution in [0.1, 0.15) is 17.3 Å². The molecule has 0 aliphatic rings. The number of ether oxygens (including phenoxy) is 2. The lowest BCUT2D eigenvalue weighted by Crippen LogP contribution is -2.14. The fraction of sp³-hybridized carbons (Fsp3) is 0.231. The van der Waals surface area contributed by atoms with Crippen molar-refractivity contribution in [1.29, 1.82) is 0 Å². The van der Waals surface area contributed by atoms with Crippen LogP contribution in [-0.2, 0) is 0 Å². The Kier molecular flexibility index (Phi) is 4.19. The van der Waals surface area contributed by atoms with Crippen molar-refractivity contribution in [1.82, 2.24) is 9.97 Å². The lowest BCUT2D eigenvalue weighted by Gasteiger charge is -2.15. The standard InChI is InChI=1S/C13H14ClN3O2/c1-18-11-6-8(5-9(14)13(11)19-2)12(15)10-7-16-3-4-17-10/h3-7,12H,15H2,1-2H3. The van der Waals surface area contributed by atoms with Gasteiger partial charge in [0.1, 0.15) is 0 Å². The Bertz CT molecular complexity index is 563. The number of aromatic nitrogens is 2. The molecule has 1 aromatic heterocycles. The Morgan fingerprint density at radius 3 is 2.58 bits per heavy atom. The predicted octanol–water partition coefficient (Wildman–Crippen LogP) is 2.20. The highest BCUT2D eigenvalue weighted by Gasteiger charge is 2.16. The van der Waals surface area contributed by atoms with Crippen molar-refractivity contribution < 1.29 is 9.47 Å². The Morgan fingerprint density at radius 2 is 2.00 bits per heavy atom. The molecule has 0 fully saturated rings. The SMILES string of the molecule is COc1cc(C(N)c2cnccn2)cc(Cl)c1OC. The van der Waals surface area contributed by atoms with Crippen LogP contribution in [0.3, 0.4) is 0 Å². The molecule has 2 aromatic rings. The summed E-state index contributed by atoms with van der Waals surface area (Å²) in [4.78, 5) is 8.18. The third kappa shape index (κ3) is 2.77. The first-order chi connectivity index (χ1) is 9.17. The zero-order valence-electron chi connectivity index (χ0n) is 10.6. The Labute approximate surface area is 116 Å². The van der Waals surface area contributed by atoms with Gasteiger partial charge in [-0.15, -0.1) is 0 Å². The second-order valence-corrected chi connectivity index (χ2v) is 4.25. The van der Waals surface area contributed by atoms with E-state index in [4.69, 9.17) is 26.8 Å². The lowest BCUT2D eigenvalue weighted by atomic mass is 10.0. The molecule has 0 amide bonds. The van der Waals surface area contributed by atoms with Crippen LogP contribution in [0.15, 0.2) is 30.7 Å².